The quantitative estimate of drug-likeness (QED) is 0.659. The van der Waals surface area contributed by atoms with Crippen LogP contribution in [0.4, 0.5) is 5.69 Å². The Balaban J connectivity index is 1.43. The lowest BCUT2D eigenvalue weighted by Gasteiger charge is -2.23. The minimum absolute atomic E-state index is 0.0678. The van der Waals surface area contributed by atoms with Crippen molar-refractivity contribution in [2.24, 2.45) is 0 Å². The molecule has 0 saturated carbocycles. The summed E-state index contributed by atoms with van der Waals surface area (Å²) in [6.45, 7) is 1.70. The number of para-hydroxylation sites is 2. The second-order valence-electron chi connectivity index (χ2n) is 6.44. The van der Waals surface area contributed by atoms with Gasteiger partial charge in [0.2, 0.25) is 5.91 Å². The van der Waals surface area contributed by atoms with Crippen LogP contribution in [0.3, 0.4) is 0 Å². The number of anilines is 1. The Kier molecular flexibility index (Phi) is 4.87. The topological polar surface area (TPSA) is 101 Å². The van der Waals surface area contributed by atoms with Crippen molar-refractivity contribution in [3.63, 3.8) is 0 Å². The van der Waals surface area contributed by atoms with Gasteiger partial charge in [0.15, 0.2) is 0 Å². The Morgan fingerprint density at radius 2 is 2.00 bits per heavy atom. The summed E-state index contributed by atoms with van der Waals surface area (Å²) in [6, 6.07) is 12.8. The van der Waals surface area contributed by atoms with Gasteiger partial charge in [-0.1, -0.05) is 24.3 Å². The van der Waals surface area contributed by atoms with Crippen LogP contribution in [0.1, 0.15) is 17.8 Å². The summed E-state index contributed by atoms with van der Waals surface area (Å²) >= 11 is 1.34. The van der Waals surface area contributed by atoms with Crippen molar-refractivity contribution in [1.29, 1.82) is 0 Å². The number of ether oxygens (including phenoxy) is 1. The number of carbonyl (C=O) groups is 2. The van der Waals surface area contributed by atoms with Gasteiger partial charge in [-0.05, 0) is 30.7 Å². The summed E-state index contributed by atoms with van der Waals surface area (Å²) in [4.78, 5) is 44.5. The minimum atomic E-state index is -0.562. The first-order valence-corrected chi connectivity index (χ1v) is 9.60. The number of benzene rings is 2. The fourth-order valence-electron chi connectivity index (χ4n) is 3.01. The van der Waals surface area contributed by atoms with Gasteiger partial charge in [-0.3, -0.25) is 14.4 Å². The molecule has 0 aliphatic carbocycles. The molecule has 142 valence electrons. The molecule has 28 heavy (non-hydrogen) atoms. The summed E-state index contributed by atoms with van der Waals surface area (Å²) in [6.07, 6.45) is -0.0678. The molecule has 1 aliphatic heterocycles. The van der Waals surface area contributed by atoms with Crippen LogP contribution < -0.4 is 10.9 Å². The molecule has 1 atom stereocenters. The summed E-state index contributed by atoms with van der Waals surface area (Å²) in [5.74, 6) is -0.487. The van der Waals surface area contributed by atoms with E-state index in [0.29, 0.717) is 10.9 Å². The molecular weight excluding hydrogens is 378 g/mol. The molecule has 0 spiro atoms. The number of amides is 1. The highest BCUT2D eigenvalue weighted by atomic mass is 32.2. The average Bonchev–Trinajstić information content (AvgIpc) is 2.68. The van der Waals surface area contributed by atoms with Crippen molar-refractivity contribution in [3.8, 4) is 0 Å². The van der Waals surface area contributed by atoms with E-state index in [9.17, 15) is 14.4 Å². The van der Waals surface area contributed by atoms with E-state index in [1.165, 1.54) is 11.8 Å². The number of thioether (sulfide) groups is 1. The van der Waals surface area contributed by atoms with Crippen LogP contribution in [0.5, 0.6) is 0 Å². The van der Waals surface area contributed by atoms with Crippen molar-refractivity contribution in [1.82, 2.24) is 9.97 Å². The fraction of sp³-hybridized carbons (Fsp3) is 0.200. The third-order valence-electron chi connectivity index (χ3n) is 4.42. The standard InChI is InChI=1S/C20H17N3O4S/c1-11-5-4-6-12-18(11)22-16(23-19(12)25)10-27-17(24)9-15-20(26)21-13-7-2-3-8-14(13)28-15/h2-8,15H,9-10H2,1H3,(H,21,26)(H,22,23,25). The van der Waals surface area contributed by atoms with Crippen molar-refractivity contribution in [2.75, 3.05) is 5.32 Å². The van der Waals surface area contributed by atoms with Crippen molar-refractivity contribution >= 4 is 40.2 Å². The van der Waals surface area contributed by atoms with Gasteiger partial charge >= 0.3 is 5.97 Å². The van der Waals surface area contributed by atoms with Crippen LogP contribution in [0.15, 0.2) is 52.2 Å². The lowest BCUT2D eigenvalue weighted by atomic mass is 10.1. The maximum atomic E-state index is 12.2. The molecule has 7 nitrogen and oxygen atoms in total. The maximum absolute atomic E-state index is 12.2. The van der Waals surface area contributed by atoms with Gasteiger partial charge in [-0.2, -0.15) is 0 Å². The molecule has 2 N–H and O–H groups in total. The number of carbonyl (C=O) groups excluding carboxylic acids is 2. The molecule has 0 saturated heterocycles. The SMILES string of the molecule is Cc1cccc2c(=O)[nH]c(COC(=O)CC3Sc4ccccc4NC3=O)nc12. The largest absolute Gasteiger partial charge is 0.457 e. The lowest BCUT2D eigenvalue weighted by Crippen LogP contribution is -2.31. The number of rotatable bonds is 4. The fourth-order valence-corrected chi connectivity index (χ4v) is 4.10. The molecule has 0 bridgehead atoms. The molecule has 1 aliphatic rings. The smallest absolute Gasteiger partial charge is 0.307 e. The number of nitrogens with one attached hydrogen (secondary N) is 2. The number of aromatic amines is 1. The predicted molar refractivity (Wildman–Crippen MR) is 106 cm³/mol. The molecule has 1 amide bonds. The number of hydrogen-bond donors (Lipinski definition) is 2. The molecule has 1 unspecified atom stereocenters. The third-order valence-corrected chi connectivity index (χ3v) is 5.69. The third kappa shape index (κ3) is 3.63. The van der Waals surface area contributed by atoms with Crippen molar-refractivity contribution in [2.45, 2.75) is 30.1 Å². The highest BCUT2D eigenvalue weighted by molar-refractivity contribution is 8.01. The van der Waals surface area contributed by atoms with Crippen LogP contribution in [0.2, 0.25) is 0 Å². The number of aromatic nitrogens is 2. The van der Waals surface area contributed by atoms with Gasteiger partial charge in [-0.15, -0.1) is 11.8 Å². The van der Waals surface area contributed by atoms with Crippen LogP contribution in [0.25, 0.3) is 10.9 Å². The van der Waals surface area contributed by atoms with Crippen LogP contribution in [0, 0.1) is 6.92 Å². The molecule has 1 aromatic heterocycles. The van der Waals surface area contributed by atoms with Gasteiger partial charge in [0, 0.05) is 4.90 Å². The molecule has 2 aromatic carbocycles. The maximum Gasteiger partial charge on any atom is 0.307 e. The summed E-state index contributed by atoms with van der Waals surface area (Å²) in [7, 11) is 0. The van der Waals surface area contributed by atoms with E-state index in [1.54, 1.807) is 12.1 Å². The van der Waals surface area contributed by atoms with Gasteiger partial charge in [0.25, 0.3) is 5.56 Å². The van der Waals surface area contributed by atoms with E-state index in [-0.39, 0.29) is 30.3 Å². The Bertz CT molecular complexity index is 1140. The first kappa shape index (κ1) is 18.2. The Hall–Kier alpha value is -3.13. The minimum Gasteiger partial charge on any atom is -0.457 e. The van der Waals surface area contributed by atoms with E-state index in [2.05, 4.69) is 15.3 Å². The molecule has 0 radical (unpaired) electrons. The molecule has 4 rings (SSSR count). The first-order valence-electron chi connectivity index (χ1n) is 8.72. The summed E-state index contributed by atoms with van der Waals surface area (Å²) < 4.78 is 5.25. The van der Waals surface area contributed by atoms with Crippen molar-refractivity contribution < 1.29 is 14.3 Å². The summed E-state index contributed by atoms with van der Waals surface area (Å²) in [5.41, 5.74) is 1.91. The highest BCUT2D eigenvalue weighted by Crippen LogP contribution is 2.36. The monoisotopic (exact) mass is 395 g/mol. The highest BCUT2D eigenvalue weighted by Gasteiger charge is 2.29. The van der Waals surface area contributed by atoms with Crippen LogP contribution in [-0.2, 0) is 20.9 Å². The predicted octanol–water partition coefficient (Wildman–Crippen LogP) is 2.78. The molecular formula is C20H17N3O4S. The number of esters is 1. The van der Waals surface area contributed by atoms with E-state index in [1.807, 2.05) is 37.3 Å². The van der Waals surface area contributed by atoms with Gasteiger partial charge in [0.1, 0.15) is 12.4 Å². The molecule has 2 heterocycles. The number of fused-ring (bicyclic) bond motifs is 2. The zero-order chi connectivity index (χ0) is 19.7. The number of nitrogens with zero attached hydrogens (tertiary/aromatic N) is 1. The average molecular weight is 395 g/mol. The van der Waals surface area contributed by atoms with E-state index < -0.39 is 11.2 Å². The Morgan fingerprint density at radius 1 is 1.18 bits per heavy atom. The molecule has 0 fully saturated rings. The number of hydrogen-bond acceptors (Lipinski definition) is 6. The van der Waals surface area contributed by atoms with Gasteiger partial charge < -0.3 is 15.0 Å². The van der Waals surface area contributed by atoms with E-state index >= 15 is 0 Å². The van der Waals surface area contributed by atoms with Crippen molar-refractivity contribution in [3.05, 3.63) is 64.2 Å². The Labute approximate surface area is 164 Å². The second-order valence-corrected chi connectivity index (χ2v) is 7.68. The lowest BCUT2D eigenvalue weighted by molar-refractivity contribution is -0.146. The number of H-pyrrole nitrogens is 1. The zero-order valence-corrected chi connectivity index (χ0v) is 15.8. The first-order chi connectivity index (χ1) is 13.5. The van der Waals surface area contributed by atoms with E-state index in [4.69, 9.17) is 4.74 Å². The van der Waals surface area contributed by atoms with E-state index in [0.717, 1.165) is 16.1 Å². The summed E-state index contributed by atoms with van der Waals surface area (Å²) in [5, 5.41) is 2.72. The normalized spacial score (nSPS) is 15.8. The van der Waals surface area contributed by atoms with Crippen LogP contribution in [-0.4, -0.2) is 27.1 Å². The second kappa shape index (κ2) is 7.47. The number of aryl methyl sites for hydroxylation is 1. The Morgan fingerprint density at radius 3 is 2.86 bits per heavy atom. The zero-order valence-electron chi connectivity index (χ0n) is 15.0. The molecule has 3 aromatic rings. The molecule has 8 heteroatoms. The van der Waals surface area contributed by atoms with Gasteiger partial charge in [0.05, 0.1) is 28.3 Å². The van der Waals surface area contributed by atoms with Crippen LogP contribution >= 0.6 is 11.8 Å². The van der Waals surface area contributed by atoms with Gasteiger partial charge in [-0.25, -0.2) is 4.98 Å².